The van der Waals surface area contributed by atoms with Gasteiger partial charge in [0, 0.05) is 24.0 Å². The minimum atomic E-state index is 0.0669. The molecule has 4 heteroatoms. The number of ether oxygens (including phenoxy) is 1. The van der Waals surface area contributed by atoms with E-state index in [9.17, 15) is 4.79 Å². The average Bonchev–Trinajstić information content (AvgIpc) is 2.90. The molecule has 1 N–H and O–H groups in total. The molecule has 0 spiro atoms. The van der Waals surface area contributed by atoms with Crippen molar-refractivity contribution in [2.24, 2.45) is 0 Å². The van der Waals surface area contributed by atoms with Crippen molar-refractivity contribution >= 4 is 27.5 Å². The minimum Gasteiger partial charge on any atom is -0.378 e. The molecule has 1 aliphatic heterocycles. The standard InChI is InChI=1S/C14H18BrNO2/c15-10-11-3-1-4-12(9-11)16-14(17)7-6-13-5-2-8-18-13/h1,3-4,9,13H,2,5-8,10H2,(H,16,17). The molecule has 1 fully saturated rings. The number of anilines is 1. The molecule has 1 aromatic carbocycles. The van der Waals surface area contributed by atoms with E-state index in [-0.39, 0.29) is 12.0 Å². The van der Waals surface area contributed by atoms with Crippen molar-refractivity contribution in [2.45, 2.75) is 37.1 Å². The third kappa shape index (κ3) is 4.10. The number of amides is 1. The zero-order valence-corrected chi connectivity index (χ0v) is 11.9. The van der Waals surface area contributed by atoms with Gasteiger partial charge in [0.1, 0.15) is 0 Å². The van der Waals surface area contributed by atoms with Gasteiger partial charge >= 0.3 is 0 Å². The second-order valence-corrected chi connectivity index (χ2v) is 5.12. The summed E-state index contributed by atoms with van der Waals surface area (Å²) >= 11 is 3.40. The van der Waals surface area contributed by atoms with Crippen LogP contribution in [0.2, 0.25) is 0 Å². The first-order valence-corrected chi connectivity index (χ1v) is 7.46. The number of alkyl halides is 1. The van der Waals surface area contributed by atoms with Gasteiger partial charge in [-0.2, -0.15) is 0 Å². The Kier molecular flexibility index (Phi) is 5.20. The number of nitrogens with one attached hydrogen (secondary N) is 1. The highest BCUT2D eigenvalue weighted by Gasteiger charge is 2.16. The minimum absolute atomic E-state index is 0.0669. The number of hydrogen-bond acceptors (Lipinski definition) is 2. The van der Waals surface area contributed by atoms with Crippen LogP contribution in [0.15, 0.2) is 24.3 Å². The molecule has 98 valence electrons. The number of carbonyl (C=O) groups excluding carboxylic acids is 1. The van der Waals surface area contributed by atoms with Crippen molar-refractivity contribution in [3.63, 3.8) is 0 Å². The van der Waals surface area contributed by atoms with E-state index >= 15 is 0 Å². The fourth-order valence-corrected chi connectivity index (χ4v) is 2.47. The lowest BCUT2D eigenvalue weighted by atomic mass is 10.1. The number of halogens is 1. The molecule has 1 unspecified atom stereocenters. The maximum Gasteiger partial charge on any atom is 0.224 e. The molecule has 18 heavy (non-hydrogen) atoms. The summed E-state index contributed by atoms with van der Waals surface area (Å²) < 4.78 is 5.50. The Labute approximate surface area is 116 Å². The highest BCUT2D eigenvalue weighted by atomic mass is 79.9. The molecule has 0 aliphatic carbocycles. The van der Waals surface area contributed by atoms with E-state index in [2.05, 4.69) is 21.2 Å². The van der Waals surface area contributed by atoms with Crippen LogP contribution in [-0.4, -0.2) is 18.6 Å². The SMILES string of the molecule is O=C(CCC1CCCO1)Nc1cccc(CBr)c1. The van der Waals surface area contributed by atoms with E-state index in [0.29, 0.717) is 6.42 Å². The van der Waals surface area contributed by atoms with Crippen molar-refractivity contribution in [1.29, 1.82) is 0 Å². The Morgan fingerprint density at radius 3 is 3.11 bits per heavy atom. The Bertz CT molecular complexity index is 403. The summed E-state index contributed by atoms with van der Waals surface area (Å²) in [6.45, 7) is 0.847. The zero-order chi connectivity index (χ0) is 12.8. The van der Waals surface area contributed by atoms with Gasteiger partial charge in [-0.1, -0.05) is 28.1 Å². The molecule has 2 rings (SSSR count). The van der Waals surface area contributed by atoms with Gasteiger partial charge in [-0.25, -0.2) is 0 Å². The van der Waals surface area contributed by atoms with E-state index in [1.54, 1.807) is 0 Å². The van der Waals surface area contributed by atoms with E-state index in [1.165, 1.54) is 0 Å². The first-order chi connectivity index (χ1) is 8.78. The van der Waals surface area contributed by atoms with E-state index in [4.69, 9.17) is 4.74 Å². The zero-order valence-electron chi connectivity index (χ0n) is 10.3. The van der Waals surface area contributed by atoms with E-state index in [0.717, 1.165) is 42.5 Å². The number of carbonyl (C=O) groups is 1. The Morgan fingerprint density at radius 2 is 2.39 bits per heavy atom. The molecule has 0 radical (unpaired) electrons. The second-order valence-electron chi connectivity index (χ2n) is 4.56. The molecular weight excluding hydrogens is 294 g/mol. The first kappa shape index (κ1) is 13.6. The molecule has 0 saturated carbocycles. The van der Waals surface area contributed by atoms with Gasteiger partial charge in [0.25, 0.3) is 0 Å². The number of hydrogen-bond donors (Lipinski definition) is 1. The summed E-state index contributed by atoms with van der Waals surface area (Å²) in [7, 11) is 0. The van der Waals surface area contributed by atoms with Crippen LogP contribution in [0.5, 0.6) is 0 Å². The maximum absolute atomic E-state index is 11.8. The number of rotatable bonds is 5. The van der Waals surface area contributed by atoms with E-state index in [1.807, 2.05) is 24.3 Å². The summed E-state index contributed by atoms with van der Waals surface area (Å²) in [5.41, 5.74) is 2.02. The van der Waals surface area contributed by atoms with Crippen molar-refractivity contribution < 1.29 is 9.53 Å². The van der Waals surface area contributed by atoms with Crippen molar-refractivity contribution in [3.05, 3.63) is 29.8 Å². The highest BCUT2D eigenvalue weighted by molar-refractivity contribution is 9.08. The van der Waals surface area contributed by atoms with Crippen LogP contribution in [0.4, 0.5) is 5.69 Å². The molecular formula is C14H18BrNO2. The van der Waals surface area contributed by atoms with Gasteiger partial charge in [-0.05, 0) is 37.0 Å². The fraction of sp³-hybridized carbons (Fsp3) is 0.500. The van der Waals surface area contributed by atoms with Gasteiger partial charge < -0.3 is 10.1 Å². The summed E-state index contributed by atoms with van der Waals surface area (Å²) in [4.78, 5) is 11.8. The summed E-state index contributed by atoms with van der Waals surface area (Å²) in [6.07, 6.45) is 3.85. The number of benzene rings is 1. The molecule has 0 aromatic heterocycles. The van der Waals surface area contributed by atoms with Crippen LogP contribution in [0.25, 0.3) is 0 Å². The predicted molar refractivity (Wildman–Crippen MR) is 75.9 cm³/mol. The molecule has 1 aliphatic rings. The topological polar surface area (TPSA) is 38.3 Å². The molecule has 1 saturated heterocycles. The second kappa shape index (κ2) is 6.90. The summed E-state index contributed by atoms with van der Waals surface area (Å²) in [5, 5.41) is 3.72. The van der Waals surface area contributed by atoms with Crippen LogP contribution < -0.4 is 5.32 Å². The van der Waals surface area contributed by atoms with E-state index < -0.39 is 0 Å². The van der Waals surface area contributed by atoms with Crippen LogP contribution in [0.3, 0.4) is 0 Å². The Hall–Kier alpha value is -0.870. The molecule has 0 bridgehead atoms. The molecule has 1 atom stereocenters. The van der Waals surface area contributed by atoms with Gasteiger partial charge in [-0.3, -0.25) is 4.79 Å². The molecule has 1 amide bonds. The van der Waals surface area contributed by atoms with Crippen molar-refractivity contribution in [1.82, 2.24) is 0 Å². The van der Waals surface area contributed by atoms with Crippen LogP contribution in [0, 0.1) is 0 Å². The molecule has 1 heterocycles. The third-order valence-corrected chi connectivity index (χ3v) is 3.73. The fourth-order valence-electron chi connectivity index (χ4n) is 2.12. The smallest absolute Gasteiger partial charge is 0.224 e. The van der Waals surface area contributed by atoms with Crippen LogP contribution >= 0.6 is 15.9 Å². The van der Waals surface area contributed by atoms with Gasteiger partial charge in [0.2, 0.25) is 5.91 Å². The van der Waals surface area contributed by atoms with Gasteiger partial charge in [-0.15, -0.1) is 0 Å². The van der Waals surface area contributed by atoms with Crippen molar-refractivity contribution in [3.8, 4) is 0 Å². The van der Waals surface area contributed by atoms with Gasteiger partial charge in [0.05, 0.1) is 6.10 Å². The van der Waals surface area contributed by atoms with Crippen LogP contribution in [-0.2, 0) is 14.9 Å². The molecule has 3 nitrogen and oxygen atoms in total. The summed E-state index contributed by atoms with van der Waals surface area (Å²) in [6, 6.07) is 7.87. The highest BCUT2D eigenvalue weighted by Crippen LogP contribution is 2.18. The molecule has 1 aromatic rings. The average molecular weight is 312 g/mol. The monoisotopic (exact) mass is 311 g/mol. The first-order valence-electron chi connectivity index (χ1n) is 6.34. The van der Waals surface area contributed by atoms with Crippen molar-refractivity contribution in [2.75, 3.05) is 11.9 Å². The normalized spacial score (nSPS) is 18.8. The van der Waals surface area contributed by atoms with Gasteiger partial charge in [0.15, 0.2) is 0 Å². The predicted octanol–water partition coefficient (Wildman–Crippen LogP) is 3.48. The lowest BCUT2D eigenvalue weighted by Crippen LogP contribution is -2.15. The third-order valence-electron chi connectivity index (χ3n) is 3.08. The largest absolute Gasteiger partial charge is 0.378 e. The maximum atomic E-state index is 11.8. The lowest BCUT2D eigenvalue weighted by Gasteiger charge is -2.09. The van der Waals surface area contributed by atoms with Crippen LogP contribution in [0.1, 0.15) is 31.2 Å². The summed E-state index contributed by atoms with van der Waals surface area (Å²) in [5.74, 6) is 0.0669. The lowest BCUT2D eigenvalue weighted by molar-refractivity contribution is -0.116. The Morgan fingerprint density at radius 1 is 1.50 bits per heavy atom. The Balaban J connectivity index is 1.78. The quantitative estimate of drug-likeness (QED) is 0.845.